The van der Waals surface area contributed by atoms with Crippen LogP contribution in [-0.4, -0.2) is 26.5 Å². The van der Waals surface area contributed by atoms with E-state index in [2.05, 4.69) is 45.2 Å². The van der Waals surface area contributed by atoms with Crippen molar-refractivity contribution in [2.45, 2.75) is 13.0 Å². The monoisotopic (exact) mass is 365 g/mol. The molecule has 28 heavy (non-hydrogen) atoms. The van der Waals surface area contributed by atoms with E-state index in [0.717, 1.165) is 42.1 Å². The van der Waals surface area contributed by atoms with E-state index >= 15 is 0 Å². The summed E-state index contributed by atoms with van der Waals surface area (Å²) in [5.41, 5.74) is 5.62. The Balaban J connectivity index is 1.59. The molecule has 0 bridgehead atoms. The minimum absolute atomic E-state index is 0.691. The second kappa shape index (κ2) is 7.19. The first kappa shape index (κ1) is 16.6. The van der Waals surface area contributed by atoms with Crippen molar-refractivity contribution in [1.82, 2.24) is 19.9 Å². The highest BCUT2D eigenvalue weighted by atomic mass is 15.2. The van der Waals surface area contributed by atoms with Crippen molar-refractivity contribution in [3.8, 4) is 22.6 Å². The Labute approximate surface area is 163 Å². The van der Waals surface area contributed by atoms with Crippen molar-refractivity contribution in [2.75, 3.05) is 11.4 Å². The van der Waals surface area contributed by atoms with Crippen molar-refractivity contribution in [3.63, 3.8) is 0 Å². The predicted octanol–water partition coefficient (Wildman–Crippen LogP) is 4.16. The molecule has 0 saturated carbocycles. The highest BCUT2D eigenvalue weighted by molar-refractivity contribution is 5.67. The fourth-order valence-corrected chi connectivity index (χ4v) is 3.58. The number of benzene rings is 1. The summed E-state index contributed by atoms with van der Waals surface area (Å²) in [5, 5.41) is 0. The summed E-state index contributed by atoms with van der Waals surface area (Å²) in [4.78, 5) is 20.4. The molecule has 0 radical (unpaired) electrons. The molecule has 3 aromatic heterocycles. The highest BCUT2D eigenvalue weighted by Gasteiger charge is 2.19. The Kier molecular flexibility index (Phi) is 4.26. The van der Waals surface area contributed by atoms with E-state index in [1.807, 2.05) is 24.3 Å². The van der Waals surface area contributed by atoms with Crippen LogP contribution in [0.4, 0.5) is 5.82 Å². The zero-order valence-corrected chi connectivity index (χ0v) is 15.4. The smallest absolute Gasteiger partial charge is 0.163 e. The third-order valence-corrected chi connectivity index (χ3v) is 5.06. The standard InChI is InChI=1S/C23H19N5/c1-2-5-20-16-28(13-9-17(20)4-1)22-14-21(18-7-11-24-12-8-18)26-23(27-22)19-6-3-10-25-15-19/h1-8,10-12,14-15H,9,13,16H2. The zero-order valence-electron chi connectivity index (χ0n) is 15.4. The van der Waals surface area contributed by atoms with Crippen LogP contribution in [0, 0.1) is 0 Å². The normalized spacial score (nSPS) is 13.2. The number of hydrogen-bond acceptors (Lipinski definition) is 5. The van der Waals surface area contributed by atoms with Crippen molar-refractivity contribution in [3.05, 3.63) is 90.5 Å². The van der Waals surface area contributed by atoms with E-state index in [-0.39, 0.29) is 0 Å². The van der Waals surface area contributed by atoms with Crippen molar-refractivity contribution in [2.24, 2.45) is 0 Å². The van der Waals surface area contributed by atoms with Crippen LogP contribution in [0.25, 0.3) is 22.6 Å². The predicted molar refractivity (Wildman–Crippen MR) is 110 cm³/mol. The van der Waals surface area contributed by atoms with Crippen LogP contribution >= 0.6 is 0 Å². The molecule has 0 aliphatic carbocycles. The number of pyridine rings is 2. The minimum atomic E-state index is 0.691. The summed E-state index contributed by atoms with van der Waals surface area (Å²) in [7, 11) is 0. The van der Waals surface area contributed by atoms with Gasteiger partial charge in [0.25, 0.3) is 0 Å². The van der Waals surface area contributed by atoms with E-state index in [4.69, 9.17) is 9.97 Å². The van der Waals surface area contributed by atoms with E-state index in [1.54, 1.807) is 24.8 Å². The minimum Gasteiger partial charge on any atom is -0.352 e. The molecule has 1 aliphatic heterocycles. The molecule has 1 aliphatic rings. The van der Waals surface area contributed by atoms with Crippen molar-refractivity contribution >= 4 is 5.82 Å². The number of aromatic nitrogens is 4. The summed E-state index contributed by atoms with van der Waals surface area (Å²) in [6.45, 7) is 1.80. The van der Waals surface area contributed by atoms with E-state index in [1.165, 1.54) is 11.1 Å². The molecule has 5 rings (SSSR count). The molecule has 0 fully saturated rings. The largest absolute Gasteiger partial charge is 0.352 e. The summed E-state index contributed by atoms with van der Waals surface area (Å²) in [5.74, 6) is 1.63. The molecular weight excluding hydrogens is 346 g/mol. The Morgan fingerprint density at radius 2 is 1.61 bits per heavy atom. The third-order valence-electron chi connectivity index (χ3n) is 5.06. The SMILES string of the molecule is c1cncc(-c2nc(-c3ccncc3)cc(N3CCc4ccccc4C3)n2)c1. The molecule has 136 valence electrons. The van der Waals surface area contributed by atoms with Crippen LogP contribution in [0.15, 0.2) is 79.4 Å². The van der Waals surface area contributed by atoms with Crippen LogP contribution in [-0.2, 0) is 13.0 Å². The topological polar surface area (TPSA) is 54.8 Å². The van der Waals surface area contributed by atoms with Gasteiger partial charge in [-0.15, -0.1) is 0 Å². The lowest BCUT2D eigenvalue weighted by atomic mass is 10.00. The lowest BCUT2D eigenvalue weighted by Crippen LogP contribution is -2.31. The van der Waals surface area contributed by atoms with Crippen molar-refractivity contribution < 1.29 is 0 Å². The maximum atomic E-state index is 4.88. The average Bonchev–Trinajstić information content (AvgIpc) is 2.79. The number of rotatable bonds is 3. The van der Waals surface area contributed by atoms with Crippen molar-refractivity contribution in [1.29, 1.82) is 0 Å². The van der Waals surface area contributed by atoms with Crippen LogP contribution in [0.3, 0.4) is 0 Å². The molecule has 4 heterocycles. The van der Waals surface area contributed by atoms with Gasteiger partial charge < -0.3 is 4.90 Å². The van der Waals surface area contributed by atoms with Gasteiger partial charge in [0.05, 0.1) is 5.69 Å². The lowest BCUT2D eigenvalue weighted by Gasteiger charge is -2.30. The second-order valence-electron chi connectivity index (χ2n) is 6.85. The Bertz CT molecular complexity index is 1040. The molecule has 0 spiro atoms. The van der Waals surface area contributed by atoms with E-state index < -0.39 is 0 Å². The maximum absolute atomic E-state index is 4.88. The molecular formula is C23H19N5. The third kappa shape index (κ3) is 3.22. The molecule has 0 atom stereocenters. The Morgan fingerprint density at radius 1 is 0.750 bits per heavy atom. The zero-order chi connectivity index (χ0) is 18.8. The number of anilines is 1. The van der Waals surface area contributed by atoms with Gasteiger partial charge in [-0.05, 0) is 41.8 Å². The van der Waals surface area contributed by atoms with Crippen LogP contribution in [0.1, 0.15) is 11.1 Å². The van der Waals surface area contributed by atoms with Gasteiger partial charge in [-0.3, -0.25) is 9.97 Å². The summed E-state index contributed by atoms with van der Waals surface area (Å²) < 4.78 is 0. The van der Waals surface area contributed by atoms with Gasteiger partial charge in [0.2, 0.25) is 0 Å². The first-order chi connectivity index (χ1) is 13.9. The fraction of sp³-hybridized carbons (Fsp3) is 0.130. The molecule has 5 nitrogen and oxygen atoms in total. The van der Waals surface area contributed by atoms with Gasteiger partial charge in [-0.1, -0.05) is 24.3 Å². The van der Waals surface area contributed by atoms with Crippen LogP contribution in [0.2, 0.25) is 0 Å². The highest BCUT2D eigenvalue weighted by Crippen LogP contribution is 2.28. The molecule has 4 aromatic rings. The van der Waals surface area contributed by atoms with Gasteiger partial charge in [0, 0.05) is 55.1 Å². The first-order valence-corrected chi connectivity index (χ1v) is 9.38. The van der Waals surface area contributed by atoms with E-state index in [0.29, 0.717) is 5.82 Å². The number of nitrogens with zero attached hydrogens (tertiary/aromatic N) is 5. The molecule has 1 aromatic carbocycles. The molecule has 0 N–H and O–H groups in total. The molecule has 5 heteroatoms. The summed E-state index contributed by atoms with van der Waals surface area (Å²) >= 11 is 0. The molecule has 0 amide bonds. The Hall–Kier alpha value is -3.60. The molecule has 0 unspecified atom stereocenters. The van der Waals surface area contributed by atoms with E-state index in [9.17, 15) is 0 Å². The summed E-state index contributed by atoms with van der Waals surface area (Å²) in [6, 6.07) is 18.6. The van der Waals surface area contributed by atoms with Gasteiger partial charge in [-0.25, -0.2) is 9.97 Å². The number of hydrogen-bond donors (Lipinski definition) is 0. The fourth-order valence-electron chi connectivity index (χ4n) is 3.58. The summed E-state index contributed by atoms with van der Waals surface area (Å²) in [6.07, 6.45) is 8.17. The van der Waals surface area contributed by atoms with Gasteiger partial charge >= 0.3 is 0 Å². The lowest BCUT2D eigenvalue weighted by molar-refractivity contribution is 0.720. The average molecular weight is 365 g/mol. The first-order valence-electron chi connectivity index (χ1n) is 9.38. The van der Waals surface area contributed by atoms with Crippen LogP contribution < -0.4 is 4.90 Å². The van der Waals surface area contributed by atoms with Gasteiger partial charge in [0.15, 0.2) is 5.82 Å². The quantitative estimate of drug-likeness (QED) is 0.546. The van der Waals surface area contributed by atoms with Crippen LogP contribution in [0.5, 0.6) is 0 Å². The van der Waals surface area contributed by atoms with Gasteiger partial charge in [-0.2, -0.15) is 0 Å². The second-order valence-corrected chi connectivity index (χ2v) is 6.85. The number of fused-ring (bicyclic) bond motifs is 1. The Morgan fingerprint density at radius 3 is 2.43 bits per heavy atom. The maximum Gasteiger partial charge on any atom is 0.163 e. The molecule has 0 saturated heterocycles. The van der Waals surface area contributed by atoms with Gasteiger partial charge in [0.1, 0.15) is 5.82 Å².